The topological polar surface area (TPSA) is 58.4 Å². The molecule has 0 aliphatic heterocycles. The zero-order valence-electron chi connectivity index (χ0n) is 12.7. The number of nitrogens with zero attached hydrogens (tertiary/aromatic N) is 1. The summed E-state index contributed by atoms with van der Waals surface area (Å²) >= 11 is 3.46. The van der Waals surface area contributed by atoms with Crippen LogP contribution in [0.25, 0.3) is 0 Å². The van der Waals surface area contributed by atoms with Gasteiger partial charge in [-0.1, -0.05) is 22.4 Å². The first-order valence-electron chi connectivity index (χ1n) is 7.47. The van der Waals surface area contributed by atoms with E-state index < -0.39 is 0 Å². The van der Waals surface area contributed by atoms with Crippen LogP contribution >= 0.6 is 15.9 Å². The first-order valence-corrected chi connectivity index (χ1v) is 8.27. The minimum Gasteiger partial charge on any atom is -0.330 e. The Kier molecular flexibility index (Phi) is 5.79. The van der Waals surface area contributed by atoms with Crippen molar-refractivity contribution in [3.05, 3.63) is 28.2 Å². The molecule has 0 saturated heterocycles. The van der Waals surface area contributed by atoms with E-state index in [0.717, 1.165) is 22.1 Å². The number of aryl methyl sites for hydroxylation is 1. The summed E-state index contributed by atoms with van der Waals surface area (Å²) in [5.41, 5.74) is 7.77. The third-order valence-electron chi connectivity index (χ3n) is 4.32. The summed E-state index contributed by atoms with van der Waals surface area (Å²) in [7, 11) is 2.02. The lowest BCUT2D eigenvalue weighted by Gasteiger charge is -2.28. The van der Waals surface area contributed by atoms with Gasteiger partial charge in [0.1, 0.15) is 0 Å². The second-order valence-electron chi connectivity index (χ2n) is 5.92. The van der Waals surface area contributed by atoms with Crippen LogP contribution in [0.1, 0.15) is 24.8 Å². The molecule has 2 unspecified atom stereocenters. The minimum atomic E-state index is 0.0295. The van der Waals surface area contributed by atoms with Crippen molar-refractivity contribution in [1.82, 2.24) is 4.90 Å². The molecule has 2 atom stereocenters. The van der Waals surface area contributed by atoms with Gasteiger partial charge in [0, 0.05) is 16.2 Å². The summed E-state index contributed by atoms with van der Waals surface area (Å²) in [6.07, 6.45) is 3.53. The Balaban J connectivity index is 1.90. The number of anilines is 1. The maximum Gasteiger partial charge on any atom is 0.238 e. The molecule has 1 aliphatic carbocycles. The van der Waals surface area contributed by atoms with Gasteiger partial charge in [0.2, 0.25) is 5.91 Å². The summed E-state index contributed by atoms with van der Waals surface area (Å²) < 4.78 is 1.05. The van der Waals surface area contributed by atoms with E-state index >= 15 is 0 Å². The molecule has 5 heteroatoms. The van der Waals surface area contributed by atoms with Gasteiger partial charge in [-0.3, -0.25) is 9.69 Å². The molecule has 2 rings (SSSR count). The number of benzene rings is 1. The van der Waals surface area contributed by atoms with Crippen LogP contribution in [0.3, 0.4) is 0 Å². The van der Waals surface area contributed by atoms with Gasteiger partial charge in [-0.05, 0) is 63.0 Å². The van der Waals surface area contributed by atoms with Crippen molar-refractivity contribution in [2.24, 2.45) is 11.7 Å². The van der Waals surface area contributed by atoms with Gasteiger partial charge in [-0.2, -0.15) is 0 Å². The largest absolute Gasteiger partial charge is 0.330 e. The van der Waals surface area contributed by atoms with Gasteiger partial charge in [0.05, 0.1) is 6.54 Å². The Hall–Kier alpha value is -0.910. The molecule has 0 heterocycles. The molecule has 116 valence electrons. The summed E-state index contributed by atoms with van der Waals surface area (Å²) in [5.74, 6) is 0.555. The van der Waals surface area contributed by atoms with E-state index in [1.165, 1.54) is 12.8 Å². The van der Waals surface area contributed by atoms with Crippen molar-refractivity contribution in [3.8, 4) is 0 Å². The fourth-order valence-electron chi connectivity index (χ4n) is 3.14. The van der Waals surface area contributed by atoms with Crippen LogP contribution in [0.5, 0.6) is 0 Å². The molecule has 21 heavy (non-hydrogen) atoms. The first-order chi connectivity index (χ1) is 10.0. The normalized spacial score (nSPS) is 21.8. The highest BCUT2D eigenvalue weighted by atomic mass is 79.9. The molecular formula is C16H24BrN3O. The summed E-state index contributed by atoms with van der Waals surface area (Å²) in [6, 6.07) is 6.27. The van der Waals surface area contributed by atoms with Crippen molar-refractivity contribution >= 4 is 27.5 Å². The van der Waals surface area contributed by atoms with E-state index in [0.29, 0.717) is 25.0 Å². The highest BCUT2D eigenvalue weighted by Gasteiger charge is 2.29. The summed E-state index contributed by atoms with van der Waals surface area (Å²) in [4.78, 5) is 14.3. The van der Waals surface area contributed by atoms with E-state index in [1.807, 2.05) is 32.2 Å². The number of nitrogens with one attached hydrogen (secondary N) is 1. The Labute approximate surface area is 135 Å². The third kappa shape index (κ3) is 4.28. The predicted molar refractivity (Wildman–Crippen MR) is 90.3 cm³/mol. The maximum absolute atomic E-state index is 12.2. The Bertz CT molecular complexity index is 506. The average Bonchev–Trinajstić information content (AvgIpc) is 2.91. The maximum atomic E-state index is 12.2. The number of carbonyl (C=O) groups is 1. The van der Waals surface area contributed by atoms with Crippen LogP contribution in [0.2, 0.25) is 0 Å². The lowest BCUT2D eigenvalue weighted by molar-refractivity contribution is -0.117. The van der Waals surface area contributed by atoms with E-state index in [4.69, 9.17) is 5.73 Å². The lowest BCUT2D eigenvalue weighted by Crippen LogP contribution is -2.41. The number of carbonyl (C=O) groups excluding carboxylic acids is 1. The number of halogens is 1. The van der Waals surface area contributed by atoms with Crippen molar-refractivity contribution < 1.29 is 4.79 Å². The van der Waals surface area contributed by atoms with Gasteiger partial charge in [0.25, 0.3) is 0 Å². The molecule has 3 N–H and O–H groups in total. The number of hydrogen-bond acceptors (Lipinski definition) is 3. The van der Waals surface area contributed by atoms with Crippen LogP contribution in [0, 0.1) is 12.8 Å². The number of amides is 1. The van der Waals surface area contributed by atoms with Gasteiger partial charge in [0.15, 0.2) is 0 Å². The Morgan fingerprint density at radius 2 is 2.24 bits per heavy atom. The van der Waals surface area contributed by atoms with Gasteiger partial charge in [-0.25, -0.2) is 0 Å². The Morgan fingerprint density at radius 1 is 1.48 bits per heavy atom. The zero-order valence-corrected chi connectivity index (χ0v) is 14.3. The van der Waals surface area contributed by atoms with Crippen LogP contribution in [0.15, 0.2) is 22.7 Å². The SMILES string of the molecule is Cc1cc(NC(=O)CN(C)C2CCCC2CN)ccc1Br. The van der Waals surface area contributed by atoms with Crippen molar-refractivity contribution in [2.75, 3.05) is 25.5 Å². The van der Waals surface area contributed by atoms with E-state index in [-0.39, 0.29) is 5.91 Å². The second kappa shape index (κ2) is 7.38. The number of likely N-dealkylation sites (N-methyl/N-ethyl adjacent to an activating group) is 1. The van der Waals surface area contributed by atoms with Crippen LogP contribution in [-0.4, -0.2) is 37.0 Å². The molecule has 1 fully saturated rings. The monoisotopic (exact) mass is 353 g/mol. The second-order valence-corrected chi connectivity index (χ2v) is 6.78. The lowest BCUT2D eigenvalue weighted by atomic mass is 10.0. The molecule has 1 saturated carbocycles. The highest BCUT2D eigenvalue weighted by molar-refractivity contribution is 9.10. The van der Waals surface area contributed by atoms with Gasteiger partial charge in [-0.15, -0.1) is 0 Å². The minimum absolute atomic E-state index is 0.0295. The van der Waals surface area contributed by atoms with E-state index in [9.17, 15) is 4.79 Å². The predicted octanol–water partition coefficient (Wildman–Crippen LogP) is 2.76. The fourth-order valence-corrected chi connectivity index (χ4v) is 3.39. The smallest absolute Gasteiger partial charge is 0.238 e. The van der Waals surface area contributed by atoms with E-state index in [2.05, 4.69) is 26.1 Å². The molecule has 0 spiro atoms. The standard InChI is InChI=1S/C16H24BrN3O/c1-11-8-13(6-7-14(11)17)19-16(21)10-20(2)15-5-3-4-12(15)9-18/h6-8,12,15H,3-5,9-10,18H2,1-2H3,(H,19,21). The molecule has 1 aromatic carbocycles. The number of hydrogen-bond donors (Lipinski definition) is 2. The third-order valence-corrected chi connectivity index (χ3v) is 5.21. The van der Waals surface area contributed by atoms with E-state index in [1.54, 1.807) is 0 Å². The van der Waals surface area contributed by atoms with Crippen molar-refractivity contribution in [1.29, 1.82) is 0 Å². The summed E-state index contributed by atoms with van der Waals surface area (Å²) in [5, 5.41) is 2.96. The molecule has 0 bridgehead atoms. The van der Waals surface area contributed by atoms with Crippen molar-refractivity contribution in [3.63, 3.8) is 0 Å². The summed E-state index contributed by atoms with van der Waals surface area (Å²) in [6.45, 7) is 3.13. The van der Waals surface area contributed by atoms with Crippen molar-refractivity contribution in [2.45, 2.75) is 32.2 Å². The first kappa shape index (κ1) is 16.5. The molecular weight excluding hydrogens is 330 g/mol. The van der Waals surface area contributed by atoms with Gasteiger partial charge < -0.3 is 11.1 Å². The number of rotatable bonds is 5. The molecule has 0 aromatic heterocycles. The quantitative estimate of drug-likeness (QED) is 0.855. The number of nitrogens with two attached hydrogens (primary N) is 1. The van der Waals surface area contributed by atoms with Crippen LogP contribution in [0.4, 0.5) is 5.69 Å². The highest BCUT2D eigenvalue weighted by Crippen LogP contribution is 2.28. The zero-order chi connectivity index (χ0) is 15.4. The van der Waals surface area contributed by atoms with Crippen LogP contribution in [-0.2, 0) is 4.79 Å². The molecule has 1 amide bonds. The van der Waals surface area contributed by atoms with Crippen LogP contribution < -0.4 is 11.1 Å². The van der Waals surface area contributed by atoms with Gasteiger partial charge >= 0.3 is 0 Å². The molecule has 4 nitrogen and oxygen atoms in total. The molecule has 0 radical (unpaired) electrons. The fraction of sp³-hybridized carbons (Fsp3) is 0.562. The molecule has 1 aliphatic rings. The average molecular weight is 354 g/mol. The molecule has 1 aromatic rings. The Morgan fingerprint density at radius 3 is 2.90 bits per heavy atom.